The van der Waals surface area contributed by atoms with Crippen LogP contribution in [0.2, 0.25) is 0 Å². The van der Waals surface area contributed by atoms with Crippen LogP contribution in [0, 0.1) is 6.92 Å². The van der Waals surface area contributed by atoms with Crippen LogP contribution in [0.4, 0.5) is 0 Å². The van der Waals surface area contributed by atoms with Gasteiger partial charge in [0, 0.05) is 24.6 Å². The summed E-state index contributed by atoms with van der Waals surface area (Å²) in [6.07, 6.45) is 3.25. The van der Waals surface area contributed by atoms with E-state index in [1.54, 1.807) is 12.1 Å². The van der Waals surface area contributed by atoms with Crippen LogP contribution in [0.3, 0.4) is 0 Å². The molecule has 1 saturated heterocycles. The van der Waals surface area contributed by atoms with Gasteiger partial charge in [-0.05, 0) is 44.0 Å². The summed E-state index contributed by atoms with van der Waals surface area (Å²) in [5.74, 6) is 1.34. The predicted octanol–water partition coefficient (Wildman–Crippen LogP) is 3.59. The lowest BCUT2D eigenvalue weighted by atomic mass is 10.0. The first kappa shape index (κ1) is 14.1. The number of aryl methyl sites for hydroxylation is 2. The Hall–Kier alpha value is -1.81. The van der Waals surface area contributed by atoms with E-state index >= 15 is 0 Å². The van der Waals surface area contributed by atoms with Gasteiger partial charge < -0.3 is 9.63 Å². The van der Waals surface area contributed by atoms with Gasteiger partial charge in [-0.3, -0.25) is 4.90 Å². The molecule has 1 N–H and O–H groups in total. The highest BCUT2D eigenvalue weighted by Crippen LogP contribution is 2.36. The van der Waals surface area contributed by atoms with E-state index in [4.69, 9.17) is 4.52 Å². The molecule has 0 aliphatic carbocycles. The average Bonchev–Trinajstić information content (AvgIpc) is 3.07. The van der Waals surface area contributed by atoms with Crippen LogP contribution in [0.25, 0.3) is 0 Å². The second-order valence-corrected chi connectivity index (χ2v) is 5.75. The van der Waals surface area contributed by atoms with Crippen molar-refractivity contribution in [1.82, 2.24) is 10.1 Å². The first-order valence-electron chi connectivity index (χ1n) is 7.66. The van der Waals surface area contributed by atoms with Gasteiger partial charge in [-0.15, -0.1) is 0 Å². The van der Waals surface area contributed by atoms with Crippen molar-refractivity contribution in [3.8, 4) is 5.75 Å². The number of nitrogens with zero attached hydrogens (tertiary/aromatic N) is 2. The third-order valence-corrected chi connectivity index (χ3v) is 4.32. The lowest BCUT2D eigenvalue weighted by Crippen LogP contribution is -2.23. The van der Waals surface area contributed by atoms with Crippen LogP contribution < -0.4 is 0 Å². The van der Waals surface area contributed by atoms with Crippen molar-refractivity contribution in [2.24, 2.45) is 0 Å². The Morgan fingerprint density at radius 1 is 1.33 bits per heavy atom. The molecule has 21 heavy (non-hydrogen) atoms. The molecule has 0 amide bonds. The maximum atomic E-state index is 9.39. The smallest absolute Gasteiger partial charge is 0.141 e. The lowest BCUT2D eigenvalue weighted by Gasteiger charge is -2.24. The van der Waals surface area contributed by atoms with Crippen LogP contribution in [0.15, 0.2) is 28.8 Å². The molecule has 4 heteroatoms. The van der Waals surface area contributed by atoms with E-state index in [2.05, 4.69) is 17.0 Å². The number of aromatic hydroxyl groups is 1. The minimum Gasteiger partial charge on any atom is -0.508 e. The summed E-state index contributed by atoms with van der Waals surface area (Å²) in [5.41, 5.74) is 3.54. The molecule has 1 aromatic carbocycles. The molecule has 0 spiro atoms. The fourth-order valence-corrected chi connectivity index (χ4v) is 3.28. The monoisotopic (exact) mass is 286 g/mol. The molecule has 112 valence electrons. The van der Waals surface area contributed by atoms with Gasteiger partial charge in [0.1, 0.15) is 11.5 Å². The molecule has 4 nitrogen and oxygen atoms in total. The molecule has 1 aliphatic heterocycles. The minimum absolute atomic E-state index is 0.319. The van der Waals surface area contributed by atoms with E-state index < -0.39 is 0 Å². The van der Waals surface area contributed by atoms with E-state index in [0.717, 1.165) is 37.4 Å². The summed E-state index contributed by atoms with van der Waals surface area (Å²) in [7, 11) is 0. The number of phenols is 1. The maximum absolute atomic E-state index is 9.39. The van der Waals surface area contributed by atoms with Crippen LogP contribution in [-0.2, 0) is 13.0 Å². The zero-order valence-electron chi connectivity index (χ0n) is 12.7. The van der Waals surface area contributed by atoms with Crippen LogP contribution in [-0.4, -0.2) is 21.7 Å². The van der Waals surface area contributed by atoms with Crippen molar-refractivity contribution >= 4 is 0 Å². The molecule has 3 rings (SSSR count). The van der Waals surface area contributed by atoms with Gasteiger partial charge in [0.2, 0.25) is 0 Å². The van der Waals surface area contributed by atoms with Crippen molar-refractivity contribution in [1.29, 1.82) is 0 Å². The second kappa shape index (κ2) is 5.90. The Labute approximate surface area is 125 Å². The largest absolute Gasteiger partial charge is 0.508 e. The first-order chi connectivity index (χ1) is 10.2. The molecule has 2 aromatic rings. The van der Waals surface area contributed by atoms with Crippen molar-refractivity contribution in [2.75, 3.05) is 6.54 Å². The summed E-state index contributed by atoms with van der Waals surface area (Å²) >= 11 is 0. The van der Waals surface area contributed by atoms with Gasteiger partial charge >= 0.3 is 0 Å². The molecule has 1 fully saturated rings. The molecule has 0 radical (unpaired) electrons. The zero-order chi connectivity index (χ0) is 14.8. The molecule has 1 aliphatic rings. The molecular weight excluding hydrogens is 264 g/mol. The van der Waals surface area contributed by atoms with Crippen LogP contribution in [0.5, 0.6) is 5.75 Å². The third-order valence-electron chi connectivity index (χ3n) is 4.32. The third kappa shape index (κ3) is 2.81. The Morgan fingerprint density at radius 2 is 2.10 bits per heavy atom. The van der Waals surface area contributed by atoms with E-state index in [1.165, 1.54) is 17.5 Å². The van der Waals surface area contributed by atoms with Gasteiger partial charge in [0.25, 0.3) is 0 Å². The number of benzene rings is 1. The maximum Gasteiger partial charge on any atom is 0.141 e. The summed E-state index contributed by atoms with van der Waals surface area (Å²) in [5, 5.41) is 13.5. The normalized spacial score (nSPS) is 19.2. The fraction of sp³-hybridized carbons (Fsp3) is 0.471. The number of aromatic nitrogens is 1. The molecule has 0 bridgehead atoms. The lowest BCUT2D eigenvalue weighted by molar-refractivity contribution is 0.245. The summed E-state index contributed by atoms with van der Waals surface area (Å²) in [6.45, 7) is 6.15. The van der Waals surface area contributed by atoms with Gasteiger partial charge in [-0.1, -0.05) is 24.2 Å². The second-order valence-electron chi connectivity index (χ2n) is 5.75. The Morgan fingerprint density at radius 3 is 2.81 bits per heavy atom. The Bertz CT molecular complexity index is 604. The number of likely N-dealkylation sites (tertiary alicyclic amines) is 1. The van der Waals surface area contributed by atoms with Crippen molar-refractivity contribution in [3.05, 3.63) is 46.8 Å². The van der Waals surface area contributed by atoms with E-state index in [1.807, 2.05) is 19.1 Å². The highest BCUT2D eigenvalue weighted by atomic mass is 16.5. The van der Waals surface area contributed by atoms with E-state index in [9.17, 15) is 5.11 Å². The summed E-state index contributed by atoms with van der Waals surface area (Å²) in [6, 6.07) is 7.89. The zero-order valence-corrected chi connectivity index (χ0v) is 12.7. The fourth-order valence-electron chi connectivity index (χ4n) is 3.28. The topological polar surface area (TPSA) is 49.5 Å². The first-order valence-corrected chi connectivity index (χ1v) is 7.66. The molecular formula is C17H22N2O2. The van der Waals surface area contributed by atoms with Crippen molar-refractivity contribution in [2.45, 2.75) is 45.7 Å². The number of phenolic OH excluding ortho intramolecular Hbond substituents is 1. The van der Waals surface area contributed by atoms with Crippen molar-refractivity contribution < 1.29 is 9.63 Å². The Kier molecular flexibility index (Phi) is 3.97. The van der Waals surface area contributed by atoms with Crippen LogP contribution in [0.1, 0.15) is 48.4 Å². The van der Waals surface area contributed by atoms with E-state index in [0.29, 0.717) is 11.8 Å². The van der Waals surface area contributed by atoms with E-state index in [-0.39, 0.29) is 0 Å². The number of rotatable bonds is 4. The summed E-state index contributed by atoms with van der Waals surface area (Å²) in [4.78, 5) is 2.49. The highest BCUT2D eigenvalue weighted by molar-refractivity contribution is 5.29. The Balaban J connectivity index is 1.82. The molecule has 0 saturated carbocycles. The minimum atomic E-state index is 0.319. The van der Waals surface area contributed by atoms with Gasteiger partial charge in [0.15, 0.2) is 0 Å². The predicted molar refractivity (Wildman–Crippen MR) is 81.1 cm³/mol. The molecule has 1 atom stereocenters. The number of hydrogen-bond acceptors (Lipinski definition) is 4. The number of hydrogen-bond donors (Lipinski definition) is 1. The molecule has 0 unspecified atom stereocenters. The van der Waals surface area contributed by atoms with Gasteiger partial charge in [-0.2, -0.15) is 0 Å². The van der Waals surface area contributed by atoms with Gasteiger partial charge in [0.05, 0.1) is 5.69 Å². The van der Waals surface area contributed by atoms with Gasteiger partial charge in [-0.25, -0.2) is 0 Å². The standard InChI is InChI=1S/C17H22N2O2/c1-3-16-17(12(2)18-21-16)15-5-4-10-19(15)11-13-6-8-14(20)9-7-13/h6-9,15,20H,3-5,10-11H2,1-2H3/t15-/m1/s1. The average molecular weight is 286 g/mol. The van der Waals surface area contributed by atoms with Crippen molar-refractivity contribution in [3.63, 3.8) is 0 Å². The quantitative estimate of drug-likeness (QED) is 0.933. The summed E-state index contributed by atoms with van der Waals surface area (Å²) < 4.78 is 5.46. The highest BCUT2D eigenvalue weighted by Gasteiger charge is 2.31. The SMILES string of the molecule is CCc1onc(C)c1[C@H]1CCCN1Cc1ccc(O)cc1. The molecule has 1 aromatic heterocycles. The molecule has 2 heterocycles. The van der Waals surface area contributed by atoms with Crippen LogP contribution >= 0.6 is 0 Å².